The van der Waals surface area contributed by atoms with E-state index in [1.807, 2.05) is 19.1 Å². The summed E-state index contributed by atoms with van der Waals surface area (Å²) >= 11 is 1.67. The Labute approximate surface area is 136 Å². The lowest BCUT2D eigenvalue weighted by Crippen LogP contribution is -2.22. The Morgan fingerprint density at radius 2 is 2.00 bits per heavy atom. The molecule has 0 saturated carbocycles. The Kier molecular flexibility index (Phi) is 5.55. The molecule has 4 nitrogen and oxygen atoms in total. The molecule has 0 aliphatic heterocycles. The summed E-state index contributed by atoms with van der Waals surface area (Å²) < 4.78 is 0. The third-order valence-corrected chi connectivity index (χ3v) is 4.88. The molecule has 1 aromatic carbocycles. The van der Waals surface area contributed by atoms with E-state index in [1.54, 1.807) is 11.3 Å². The lowest BCUT2D eigenvalue weighted by molar-refractivity contribution is 0.734. The fourth-order valence-corrected chi connectivity index (χ4v) is 2.94. The first-order chi connectivity index (χ1) is 10.5. The van der Waals surface area contributed by atoms with Gasteiger partial charge in [-0.1, -0.05) is 26.0 Å². The van der Waals surface area contributed by atoms with Crippen molar-refractivity contribution in [2.24, 2.45) is 10.7 Å². The molecule has 0 fully saturated rings. The monoisotopic (exact) mass is 316 g/mol. The Morgan fingerprint density at radius 1 is 1.32 bits per heavy atom. The number of aliphatic imine (C=N–C) groups is 1. The fraction of sp³-hybridized carbons (Fsp3) is 0.412. The molecule has 1 aromatic heterocycles. The number of hydrogen-bond donors (Lipinski definition) is 2. The van der Waals surface area contributed by atoms with Gasteiger partial charge in [-0.2, -0.15) is 0 Å². The van der Waals surface area contributed by atoms with Crippen LogP contribution in [0.1, 0.15) is 47.3 Å². The maximum absolute atomic E-state index is 5.94. The van der Waals surface area contributed by atoms with Crippen LogP contribution in [0, 0.1) is 13.8 Å². The van der Waals surface area contributed by atoms with E-state index in [1.165, 1.54) is 10.4 Å². The van der Waals surface area contributed by atoms with Crippen LogP contribution >= 0.6 is 11.3 Å². The van der Waals surface area contributed by atoms with E-state index in [0.29, 0.717) is 18.4 Å². The average Bonchev–Trinajstić information content (AvgIpc) is 2.84. The fourth-order valence-electron chi connectivity index (χ4n) is 2.08. The highest BCUT2D eigenvalue weighted by molar-refractivity contribution is 7.11. The van der Waals surface area contributed by atoms with Gasteiger partial charge in [-0.3, -0.25) is 0 Å². The van der Waals surface area contributed by atoms with Gasteiger partial charge >= 0.3 is 0 Å². The van der Waals surface area contributed by atoms with Crippen molar-refractivity contribution < 1.29 is 0 Å². The molecular weight excluding hydrogens is 292 g/mol. The van der Waals surface area contributed by atoms with Gasteiger partial charge in [-0.25, -0.2) is 9.98 Å². The molecular formula is C17H24N4S. The average molecular weight is 316 g/mol. The van der Waals surface area contributed by atoms with Crippen LogP contribution in [0.15, 0.2) is 29.3 Å². The predicted molar refractivity (Wildman–Crippen MR) is 95.7 cm³/mol. The maximum Gasteiger partial charge on any atom is 0.193 e. The standard InChI is InChI=1S/C17H24N4S/c1-5-11(2)14-6-8-15(9-7-14)21-17(18)19-10-16-20-12(3)13(4)22-16/h6-9,11H,5,10H2,1-4H3,(H3,18,19,21). The third-order valence-electron chi connectivity index (χ3n) is 3.82. The first kappa shape index (κ1) is 16.5. The first-order valence-electron chi connectivity index (χ1n) is 7.59. The second kappa shape index (κ2) is 7.40. The number of nitrogens with one attached hydrogen (secondary N) is 1. The lowest BCUT2D eigenvalue weighted by atomic mass is 9.99. The van der Waals surface area contributed by atoms with Crippen LogP contribution < -0.4 is 11.1 Å². The summed E-state index contributed by atoms with van der Waals surface area (Å²) in [4.78, 5) is 10.0. The first-order valence-corrected chi connectivity index (χ1v) is 8.41. The number of anilines is 1. The highest BCUT2D eigenvalue weighted by Crippen LogP contribution is 2.20. The molecule has 0 aliphatic carbocycles. The Balaban J connectivity index is 1.96. The van der Waals surface area contributed by atoms with Crippen molar-refractivity contribution in [3.8, 4) is 0 Å². The molecule has 0 saturated heterocycles. The van der Waals surface area contributed by atoms with Crippen molar-refractivity contribution in [1.29, 1.82) is 0 Å². The van der Waals surface area contributed by atoms with E-state index >= 15 is 0 Å². The molecule has 1 heterocycles. The van der Waals surface area contributed by atoms with E-state index in [-0.39, 0.29) is 0 Å². The van der Waals surface area contributed by atoms with Crippen LogP contribution in [0.2, 0.25) is 0 Å². The largest absolute Gasteiger partial charge is 0.370 e. The molecule has 0 spiro atoms. The summed E-state index contributed by atoms with van der Waals surface area (Å²) in [5, 5.41) is 4.11. The highest BCUT2D eigenvalue weighted by Gasteiger charge is 2.04. The second-order valence-corrected chi connectivity index (χ2v) is 6.79. The summed E-state index contributed by atoms with van der Waals surface area (Å²) in [6.45, 7) is 9.03. The summed E-state index contributed by atoms with van der Waals surface area (Å²) in [5.41, 5.74) is 9.31. The Bertz CT molecular complexity index is 624. The van der Waals surface area contributed by atoms with Crippen molar-refractivity contribution in [2.45, 2.75) is 46.6 Å². The third kappa shape index (κ3) is 4.31. The van der Waals surface area contributed by atoms with Gasteiger partial charge in [0.25, 0.3) is 0 Å². The van der Waals surface area contributed by atoms with Gasteiger partial charge < -0.3 is 11.1 Å². The smallest absolute Gasteiger partial charge is 0.193 e. The number of hydrogen-bond acceptors (Lipinski definition) is 3. The van der Waals surface area contributed by atoms with Gasteiger partial charge in [0.15, 0.2) is 5.96 Å². The van der Waals surface area contributed by atoms with Gasteiger partial charge in [0.1, 0.15) is 5.01 Å². The molecule has 5 heteroatoms. The molecule has 2 aromatic rings. The number of nitrogens with zero attached hydrogens (tertiary/aromatic N) is 2. The van der Waals surface area contributed by atoms with E-state index in [0.717, 1.165) is 22.8 Å². The molecule has 1 unspecified atom stereocenters. The normalized spacial score (nSPS) is 13.2. The SMILES string of the molecule is CCC(C)c1ccc(NC(N)=NCc2nc(C)c(C)s2)cc1. The number of rotatable bonds is 5. The molecule has 0 bridgehead atoms. The topological polar surface area (TPSA) is 63.3 Å². The summed E-state index contributed by atoms with van der Waals surface area (Å²) in [6, 6.07) is 8.36. The molecule has 118 valence electrons. The highest BCUT2D eigenvalue weighted by atomic mass is 32.1. The maximum atomic E-state index is 5.94. The molecule has 0 aliphatic rings. The van der Waals surface area contributed by atoms with Crippen LogP contribution in [-0.2, 0) is 6.54 Å². The minimum absolute atomic E-state index is 0.418. The van der Waals surface area contributed by atoms with Crippen molar-refractivity contribution in [3.05, 3.63) is 45.4 Å². The van der Waals surface area contributed by atoms with Gasteiger partial charge in [0.2, 0.25) is 0 Å². The van der Waals surface area contributed by atoms with Crippen LogP contribution in [0.5, 0.6) is 0 Å². The predicted octanol–water partition coefficient (Wildman–Crippen LogP) is 4.20. The van der Waals surface area contributed by atoms with Gasteiger partial charge in [-0.05, 0) is 43.9 Å². The minimum Gasteiger partial charge on any atom is -0.370 e. The van der Waals surface area contributed by atoms with Gasteiger partial charge in [0.05, 0.1) is 12.2 Å². The zero-order valence-electron chi connectivity index (χ0n) is 13.7. The minimum atomic E-state index is 0.418. The van der Waals surface area contributed by atoms with Gasteiger partial charge in [0, 0.05) is 10.6 Å². The van der Waals surface area contributed by atoms with Crippen molar-refractivity contribution in [1.82, 2.24) is 4.98 Å². The Morgan fingerprint density at radius 3 is 2.55 bits per heavy atom. The number of nitrogens with two attached hydrogens (primary N) is 1. The van der Waals surface area contributed by atoms with Crippen molar-refractivity contribution >= 4 is 23.0 Å². The number of aryl methyl sites for hydroxylation is 2. The molecule has 3 N–H and O–H groups in total. The summed E-state index contributed by atoms with van der Waals surface area (Å²) in [6.07, 6.45) is 1.14. The van der Waals surface area contributed by atoms with Crippen LogP contribution in [0.25, 0.3) is 0 Å². The van der Waals surface area contributed by atoms with Crippen molar-refractivity contribution in [2.75, 3.05) is 5.32 Å². The lowest BCUT2D eigenvalue weighted by Gasteiger charge is -2.10. The number of guanidine groups is 1. The van der Waals surface area contributed by atoms with E-state index in [2.05, 4.69) is 48.2 Å². The van der Waals surface area contributed by atoms with Gasteiger partial charge in [-0.15, -0.1) is 11.3 Å². The van der Waals surface area contributed by atoms with Crippen LogP contribution in [-0.4, -0.2) is 10.9 Å². The molecule has 1 atom stereocenters. The molecule has 0 radical (unpaired) electrons. The molecule has 0 amide bonds. The second-order valence-electron chi connectivity index (χ2n) is 5.51. The summed E-state index contributed by atoms with van der Waals surface area (Å²) in [7, 11) is 0. The van der Waals surface area contributed by atoms with E-state index in [9.17, 15) is 0 Å². The number of aromatic nitrogens is 1. The van der Waals surface area contributed by atoms with E-state index in [4.69, 9.17) is 5.73 Å². The van der Waals surface area contributed by atoms with E-state index < -0.39 is 0 Å². The van der Waals surface area contributed by atoms with Crippen LogP contribution in [0.3, 0.4) is 0 Å². The number of benzene rings is 1. The van der Waals surface area contributed by atoms with Crippen LogP contribution in [0.4, 0.5) is 5.69 Å². The van der Waals surface area contributed by atoms with Crippen molar-refractivity contribution in [3.63, 3.8) is 0 Å². The Hall–Kier alpha value is -1.88. The quantitative estimate of drug-likeness (QED) is 0.642. The summed E-state index contributed by atoms with van der Waals surface area (Å²) in [5.74, 6) is 0.998. The number of thiazole rings is 1. The molecule has 22 heavy (non-hydrogen) atoms. The molecule has 2 rings (SSSR count). The zero-order valence-corrected chi connectivity index (χ0v) is 14.5. The zero-order chi connectivity index (χ0) is 16.1.